The van der Waals surface area contributed by atoms with E-state index < -0.39 is 36.9 Å². The summed E-state index contributed by atoms with van der Waals surface area (Å²) in [4.78, 5) is 24.5. The predicted molar refractivity (Wildman–Crippen MR) is 124 cm³/mol. The fourth-order valence-electron chi connectivity index (χ4n) is 3.45. The Hall–Kier alpha value is -2.00. The Bertz CT molecular complexity index is 734. The lowest BCUT2D eigenvalue weighted by Crippen LogP contribution is -2.39. The van der Waals surface area contributed by atoms with Crippen LogP contribution in [-0.2, 0) is 38.7 Å². The van der Waals surface area contributed by atoms with Crippen LogP contribution in [0.15, 0.2) is 24.3 Å². The van der Waals surface area contributed by atoms with Crippen molar-refractivity contribution in [3.63, 3.8) is 0 Å². The SMILES string of the molecule is CCOC(=O)CC(C#N)(CC(=O)OCC)c1ccc(C(C)(C)C(O[SiH2]C)O[SiH2]C)cc1. The topological polar surface area (TPSA) is 94.9 Å². The molecule has 0 saturated heterocycles. The maximum Gasteiger partial charge on any atom is 0.307 e. The molecular formula is C22H35NO6Si2. The van der Waals surface area contributed by atoms with Crippen LogP contribution in [0.5, 0.6) is 0 Å². The van der Waals surface area contributed by atoms with Crippen molar-refractivity contribution < 1.29 is 27.9 Å². The van der Waals surface area contributed by atoms with Gasteiger partial charge in [-0.1, -0.05) is 51.2 Å². The fraction of sp³-hybridized carbons (Fsp3) is 0.591. The molecule has 1 rings (SSSR count). The molecule has 0 aromatic heterocycles. The number of ether oxygens (including phenoxy) is 2. The zero-order valence-corrected chi connectivity index (χ0v) is 22.4. The van der Waals surface area contributed by atoms with Crippen molar-refractivity contribution in [3.8, 4) is 6.07 Å². The first-order valence-electron chi connectivity index (χ1n) is 10.8. The monoisotopic (exact) mass is 465 g/mol. The van der Waals surface area contributed by atoms with E-state index in [1.807, 2.05) is 12.1 Å². The van der Waals surface area contributed by atoms with Gasteiger partial charge in [0.1, 0.15) is 11.7 Å². The van der Waals surface area contributed by atoms with Crippen LogP contribution in [0.25, 0.3) is 0 Å². The molecule has 0 fully saturated rings. The van der Waals surface area contributed by atoms with Gasteiger partial charge in [0.2, 0.25) is 0 Å². The zero-order chi connectivity index (χ0) is 23.5. The lowest BCUT2D eigenvalue weighted by Gasteiger charge is -2.35. The van der Waals surface area contributed by atoms with Gasteiger partial charge in [-0.2, -0.15) is 5.26 Å². The van der Waals surface area contributed by atoms with Gasteiger partial charge in [-0.3, -0.25) is 9.59 Å². The number of benzene rings is 1. The number of hydrogen-bond acceptors (Lipinski definition) is 7. The molecule has 0 atom stereocenters. The minimum absolute atomic E-state index is 0.204. The summed E-state index contributed by atoms with van der Waals surface area (Å²) in [5.74, 6) is -1.05. The summed E-state index contributed by atoms with van der Waals surface area (Å²) in [6.45, 7) is 12.1. The Kier molecular flexibility index (Phi) is 11.1. The normalized spacial score (nSPS) is 13.5. The average Bonchev–Trinajstić information content (AvgIpc) is 2.73. The van der Waals surface area contributed by atoms with Gasteiger partial charge in [0.25, 0.3) is 0 Å². The van der Waals surface area contributed by atoms with E-state index >= 15 is 0 Å². The molecule has 1 aromatic rings. The predicted octanol–water partition coefficient (Wildman–Crippen LogP) is 2.26. The van der Waals surface area contributed by atoms with Gasteiger partial charge >= 0.3 is 11.9 Å². The number of nitriles is 1. The van der Waals surface area contributed by atoms with Crippen LogP contribution < -0.4 is 0 Å². The van der Waals surface area contributed by atoms with Crippen molar-refractivity contribution >= 4 is 31.5 Å². The summed E-state index contributed by atoms with van der Waals surface area (Å²) in [7, 11) is -1.31. The molecule has 0 spiro atoms. The lowest BCUT2D eigenvalue weighted by molar-refractivity contribution is -0.146. The van der Waals surface area contributed by atoms with Gasteiger partial charge in [-0.15, -0.1) is 0 Å². The highest BCUT2D eigenvalue weighted by atomic mass is 28.2. The highest BCUT2D eigenvalue weighted by molar-refractivity contribution is 6.26. The first-order chi connectivity index (χ1) is 14.7. The highest BCUT2D eigenvalue weighted by Crippen LogP contribution is 2.35. The van der Waals surface area contributed by atoms with Crippen molar-refractivity contribution in [2.75, 3.05) is 13.2 Å². The first-order valence-corrected chi connectivity index (χ1v) is 14.8. The maximum absolute atomic E-state index is 12.2. The number of rotatable bonds is 13. The molecule has 0 bridgehead atoms. The molecule has 172 valence electrons. The molecule has 0 aliphatic heterocycles. The minimum atomic E-state index is -1.36. The Morgan fingerprint density at radius 2 is 1.35 bits per heavy atom. The Balaban J connectivity index is 3.33. The van der Waals surface area contributed by atoms with E-state index in [0.717, 1.165) is 5.56 Å². The van der Waals surface area contributed by atoms with Crippen molar-refractivity contribution in [1.29, 1.82) is 5.26 Å². The van der Waals surface area contributed by atoms with Gasteiger partial charge in [0, 0.05) is 5.41 Å². The van der Waals surface area contributed by atoms with E-state index in [4.69, 9.17) is 18.3 Å². The van der Waals surface area contributed by atoms with Crippen molar-refractivity contribution in [2.24, 2.45) is 0 Å². The third kappa shape index (κ3) is 7.28. The summed E-state index contributed by atoms with van der Waals surface area (Å²) in [6, 6.07) is 9.60. The largest absolute Gasteiger partial charge is 0.466 e. The quantitative estimate of drug-likeness (QED) is 0.250. The molecular weight excluding hydrogens is 430 g/mol. The van der Waals surface area contributed by atoms with Gasteiger partial charge < -0.3 is 18.3 Å². The Labute approximate surface area is 190 Å². The van der Waals surface area contributed by atoms with Crippen LogP contribution in [0, 0.1) is 11.3 Å². The molecule has 0 heterocycles. The molecule has 1 aromatic carbocycles. The van der Waals surface area contributed by atoms with Gasteiger partial charge in [0.15, 0.2) is 19.5 Å². The van der Waals surface area contributed by atoms with E-state index in [0.29, 0.717) is 5.56 Å². The average molecular weight is 466 g/mol. The van der Waals surface area contributed by atoms with E-state index in [-0.39, 0.29) is 37.8 Å². The van der Waals surface area contributed by atoms with Crippen molar-refractivity contribution in [1.82, 2.24) is 0 Å². The van der Waals surface area contributed by atoms with E-state index in [1.54, 1.807) is 26.0 Å². The molecule has 0 aliphatic rings. The zero-order valence-electron chi connectivity index (χ0n) is 19.5. The summed E-state index contributed by atoms with van der Waals surface area (Å²) < 4.78 is 22.0. The van der Waals surface area contributed by atoms with Crippen LogP contribution in [0.4, 0.5) is 0 Å². The second-order valence-corrected chi connectivity index (χ2v) is 9.52. The molecule has 0 aliphatic carbocycles. The third-order valence-corrected chi connectivity index (χ3v) is 6.40. The number of carbonyl (C=O) groups excluding carboxylic acids is 2. The second kappa shape index (κ2) is 12.8. The van der Waals surface area contributed by atoms with Gasteiger partial charge in [-0.05, 0) is 25.0 Å². The summed E-state index contributed by atoms with van der Waals surface area (Å²) in [5, 5.41) is 10.0. The number of nitrogens with zero attached hydrogens (tertiary/aromatic N) is 1. The van der Waals surface area contributed by atoms with Crippen LogP contribution >= 0.6 is 0 Å². The molecule has 0 radical (unpaired) electrons. The minimum Gasteiger partial charge on any atom is -0.466 e. The van der Waals surface area contributed by atoms with Crippen LogP contribution in [0.1, 0.15) is 51.7 Å². The molecule has 9 heteroatoms. The molecule has 31 heavy (non-hydrogen) atoms. The first kappa shape index (κ1) is 27.0. The van der Waals surface area contributed by atoms with Crippen molar-refractivity contribution in [2.45, 2.75) is 70.8 Å². The van der Waals surface area contributed by atoms with Crippen LogP contribution in [0.3, 0.4) is 0 Å². The molecule has 7 nitrogen and oxygen atoms in total. The summed E-state index contributed by atoms with van der Waals surface area (Å²) >= 11 is 0. The standard InChI is InChI=1S/C22H35NO6Si2/c1-7-26-18(24)13-22(15-23,14-19(25)27-8-2)17-11-9-16(10-12-17)21(3,4)20(28-30-5)29-31-6/h9-12,20H,7-8,13-14,30-31H2,1-6H3. The molecule has 0 amide bonds. The molecule has 0 saturated carbocycles. The molecule has 0 unspecified atom stereocenters. The van der Waals surface area contributed by atoms with E-state index in [9.17, 15) is 14.9 Å². The number of esters is 2. The highest BCUT2D eigenvalue weighted by Gasteiger charge is 2.39. The van der Waals surface area contributed by atoms with Crippen LogP contribution in [0.2, 0.25) is 13.1 Å². The maximum atomic E-state index is 12.2. The fourth-order valence-corrected chi connectivity index (χ4v) is 5.27. The van der Waals surface area contributed by atoms with Crippen molar-refractivity contribution in [3.05, 3.63) is 35.4 Å². The molecule has 0 N–H and O–H groups in total. The number of carbonyl (C=O) groups is 2. The smallest absolute Gasteiger partial charge is 0.307 e. The van der Waals surface area contributed by atoms with Gasteiger partial charge in [-0.25, -0.2) is 0 Å². The third-order valence-electron chi connectivity index (χ3n) is 5.12. The second-order valence-electron chi connectivity index (χ2n) is 7.70. The van der Waals surface area contributed by atoms with E-state index in [2.05, 4.69) is 33.0 Å². The Morgan fingerprint density at radius 3 is 1.71 bits per heavy atom. The van der Waals surface area contributed by atoms with Crippen LogP contribution in [-0.4, -0.2) is 51.0 Å². The summed E-state index contributed by atoms with van der Waals surface area (Å²) in [5.41, 5.74) is -0.184. The van der Waals surface area contributed by atoms with E-state index in [1.165, 1.54) is 0 Å². The summed E-state index contributed by atoms with van der Waals surface area (Å²) in [6.07, 6.45) is -0.765. The lowest BCUT2D eigenvalue weighted by atomic mass is 9.74. The number of hydrogen-bond donors (Lipinski definition) is 0. The Morgan fingerprint density at radius 1 is 0.935 bits per heavy atom. The van der Waals surface area contributed by atoms with Gasteiger partial charge in [0.05, 0.1) is 32.1 Å².